The Bertz CT molecular complexity index is 219. The predicted molar refractivity (Wildman–Crippen MR) is 47.7 cm³/mol. The van der Waals surface area contributed by atoms with E-state index in [9.17, 15) is 0 Å². The summed E-state index contributed by atoms with van der Waals surface area (Å²) >= 11 is 3.48. The van der Waals surface area contributed by atoms with Crippen molar-refractivity contribution in [2.24, 2.45) is 7.05 Å². The van der Waals surface area contributed by atoms with Crippen LogP contribution in [0.15, 0.2) is 6.20 Å². The lowest BCUT2D eigenvalue weighted by molar-refractivity contribution is 0.711. The molecule has 1 atom stereocenters. The van der Waals surface area contributed by atoms with Crippen molar-refractivity contribution in [1.29, 1.82) is 0 Å². The lowest BCUT2D eigenvalue weighted by atomic mass is 10.2. The average Bonchev–Trinajstić information content (AvgIpc) is 2.31. The summed E-state index contributed by atoms with van der Waals surface area (Å²) in [5.41, 5.74) is 1.07. The molecule has 0 N–H and O–H groups in total. The molecular weight excluding hydrogens is 206 g/mol. The van der Waals surface area contributed by atoms with Gasteiger partial charge in [-0.1, -0.05) is 28.1 Å². The molecule has 1 heterocycles. The number of rotatable bonds is 3. The van der Waals surface area contributed by atoms with Crippen molar-refractivity contribution in [1.82, 2.24) is 15.0 Å². The van der Waals surface area contributed by atoms with Gasteiger partial charge in [0.1, 0.15) is 0 Å². The van der Waals surface area contributed by atoms with Crippen molar-refractivity contribution in [3.63, 3.8) is 0 Å². The Morgan fingerprint density at radius 3 is 2.91 bits per heavy atom. The molecule has 0 fully saturated rings. The minimum atomic E-state index is 0.560. The predicted octanol–water partition coefficient (Wildman–Crippen LogP) is 1.53. The molecule has 1 rings (SSSR count). The Balaban J connectivity index is 2.39. The fourth-order valence-corrected chi connectivity index (χ4v) is 1.09. The van der Waals surface area contributed by atoms with Crippen LogP contribution < -0.4 is 0 Å². The monoisotopic (exact) mass is 217 g/mol. The standard InChI is InChI=1S/C7H12BrN3/c1-6(8)3-4-7-5-11(2)10-9-7/h5-6H,3-4H2,1-2H3. The van der Waals surface area contributed by atoms with Gasteiger partial charge in [-0.3, -0.25) is 4.68 Å². The van der Waals surface area contributed by atoms with Crippen LogP contribution in [0, 0.1) is 0 Å². The fraction of sp³-hybridized carbons (Fsp3) is 0.714. The molecule has 1 unspecified atom stereocenters. The highest BCUT2D eigenvalue weighted by Crippen LogP contribution is 2.07. The lowest BCUT2D eigenvalue weighted by Gasteiger charge is -1.97. The Hall–Kier alpha value is -0.380. The molecule has 0 amide bonds. The van der Waals surface area contributed by atoms with Gasteiger partial charge in [-0.25, -0.2) is 0 Å². The summed E-state index contributed by atoms with van der Waals surface area (Å²) < 4.78 is 1.73. The van der Waals surface area contributed by atoms with E-state index < -0.39 is 0 Å². The van der Waals surface area contributed by atoms with Crippen molar-refractivity contribution in [3.05, 3.63) is 11.9 Å². The number of alkyl halides is 1. The first-order chi connectivity index (χ1) is 5.18. The van der Waals surface area contributed by atoms with E-state index >= 15 is 0 Å². The smallest absolute Gasteiger partial charge is 0.0827 e. The van der Waals surface area contributed by atoms with E-state index in [0.717, 1.165) is 18.5 Å². The van der Waals surface area contributed by atoms with Crippen LogP contribution >= 0.6 is 15.9 Å². The van der Waals surface area contributed by atoms with Crippen molar-refractivity contribution < 1.29 is 0 Å². The van der Waals surface area contributed by atoms with Gasteiger partial charge >= 0.3 is 0 Å². The number of hydrogen-bond acceptors (Lipinski definition) is 2. The molecule has 4 heteroatoms. The Morgan fingerprint density at radius 2 is 2.45 bits per heavy atom. The van der Waals surface area contributed by atoms with Crippen LogP contribution in [0.2, 0.25) is 0 Å². The number of aryl methyl sites for hydroxylation is 2. The second-order valence-corrected chi connectivity index (χ2v) is 4.27. The highest BCUT2D eigenvalue weighted by molar-refractivity contribution is 9.09. The lowest BCUT2D eigenvalue weighted by Crippen LogP contribution is -1.94. The van der Waals surface area contributed by atoms with Crippen LogP contribution in [0.1, 0.15) is 19.0 Å². The zero-order valence-corrected chi connectivity index (χ0v) is 8.37. The van der Waals surface area contributed by atoms with Crippen molar-refractivity contribution in [2.45, 2.75) is 24.6 Å². The Morgan fingerprint density at radius 1 is 1.73 bits per heavy atom. The highest BCUT2D eigenvalue weighted by Gasteiger charge is 2.00. The maximum absolute atomic E-state index is 3.98. The zero-order valence-electron chi connectivity index (χ0n) is 6.79. The van der Waals surface area contributed by atoms with Crippen molar-refractivity contribution in [3.8, 4) is 0 Å². The summed E-state index contributed by atoms with van der Waals surface area (Å²) in [5.74, 6) is 0. The van der Waals surface area contributed by atoms with Gasteiger partial charge in [0.15, 0.2) is 0 Å². The van der Waals surface area contributed by atoms with Gasteiger partial charge in [-0.15, -0.1) is 5.10 Å². The van der Waals surface area contributed by atoms with Crippen molar-refractivity contribution >= 4 is 15.9 Å². The van der Waals surface area contributed by atoms with Gasteiger partial charge in [0.2, 0.25) is 0 Å². The average molecular weight is 218 g/mol. The van der Waals surface area contributed by atoms with E-state index in [2.05, 4.69) is 33.2 Å². The van der Waals surface area contributed by atoms with Gasteiger partial charge in [-0.05, 0) is 12.8 Å². The first kappa shape index (κ1) is 8.71. The molecule has 1 aromatic rings. The molecule has 0 aromatic carbocycles. The summed E-state index contributed by atoms with van der Waals surface area (Å²) in [4.78, 5) is 0.560. The van der Waals surface area contributed by atoms with Crippen LogP contribution in [0.4, 0.5) is 0 Å². The number of nitrogens with zero attached hydrogens (tertiary/aromatic N) is 3. The molecule has 0 spiro atoms. The molecule has 11 heavy (non-hydrogen) atoms. The quantitative estimate of drug-likeness (QED) is 0.720. The maximum Gasteiger partial charge on any atom is 0.0827 e. The Labute approximate surface area is 74.9 Å². The molecule has 0 bridgehead atoms. The van der Waals surface area contributed by atoms with Gasteiger partial charge in [-0.2, -0.15) is 0 Å². The molecule has 3 nitrogen and oxygen atoms in total. The van der Waals surface area contributed by atoms with Crippen LogP contribution in [0.5, 0.6) is 0 Å². The number of aromatic nitrogens is 3. The molecule has 0 radical (unpaired) electrons. The summed E-state index contributed by atoms with van der Waals surface area (Å²) in [6.45, 7) is 2.14. The summed E-state index contributed by atoms with van der Waals surface area (Å²) in [7, 11) is 1.88. The van der Waals surface area contributed by atoms with Gasteiger partial charge < -0.3 is 0 Å². The minimum Gasteiger partial charge on any atom is -0.255 e. The molecule has 0 saturated heterocycles. The highest BCUT2D eigenvalue weighted by atomic mass is 79.9. The minimum absolute atomic E-state index is 0.560. The molecule has 0 aliphatic carbocycles. The van der Waals surface area contributed by atoms with E-state index in [4.69, 9.17) is 0 Å². The molecule has 0 aliphatic heterocycles. The van der Waals surface area contributed by atoms with Crippen LogP contribution in [0.25, 0.3) is 0 Å². The second-order valence-electron chi connectivity index (χ2n) is 2.70. The van der Waals surface area contributed by atoms with Crippen LogP contribution in [-0.2, 0) is 13.5 Å². The molecule has 0 saturated carbocycles. The van der Waals surface area contributed by atoms with Crippen LogP contribution in [-0.4, -0.2) is 19.8 Å². The molecule has 1 aromatic heterocycles. The first-order valence-electron chi connectivity index (χ1n) is 3.68. The normalized spacial score (nSPS) is 13.4. The third-order valence-electron chi connectivity index (χ3n) is 1.45. The van der Waals surface area contributed by atoms with E-state index in [1.54, 1.807) is 4.68 Å². The topological polar surface area (TPSA) is 30.7 Å². The van der Waals surface area contributed by atoms with E-state index in [1.807, 2.05) is 13.2 Å². The van der Waals surface area contributed by atoms with Gasteiger partial charge in [0.05, 0.1) is 5.69 Å². The zero-order chi connectivity index (χ0) is 8.27. The van der Waals surface area contributed by atoms with E-state index in [1.165, 1.54) is 0 Å². The van der Waals surface area contributed by atoms with Crippen molar-refractivity contribution in [2.75, 3.05) is 0 Å². The molecule has 62 valence electrons. The Kier molecular flexibility index (Phi) is 3.05. The maximum atomic E-state index is 3.98. The van der Waals surface area contributed by atoms with Gasteiger partial charge in [0, 0.05) is 18.1 Å². The summed E-state index contributed by atoms with van der Waals surface area (Å²) in [6, 6.07) is 0. The molecular formula is C7H12BrN3. The third-order valence-corrected chi connectivity index (χ3v) is 1.91. The third kappa shape index (κ3) is 3.01. The second kappa shape index (κ2) is 3.85. The summed E-state index contributed by atoms with van der Waals surface area (Å²) in [6.07, 6.45) is 4.06. The van der Waals surface area contributed by atoms with Gasteiger partial charge in [0.25, 0.3) is 0 Å². The van der Waals surface area contributed by atoms with E-state index in [0.29, 0.717) is 4.83 Å². The SMILES string of the molecule is CC(Br)CCc1cn(C)nn1. The summed E-state index contributed by atoms with van der Waals surface area (Å²) in [5, 5.41) is 7.83. The molecule has 0 aliphatic rings. The number of halogens is 1. The fourth-order valence-electron chi connectivity index (χ4n) is 0.857. The largest absolute Gasteiger partial charge is 0.255 e. The first-order valence-corrected chi connectivity index (χ1v) is 4.59. The van der Waals surface area contributed by atoms with E-state index in [-0.39, 0.29) is 0 Å². The number of hydrogen-bond donors (Lipinski definition) is 0. The van der Waals surface area contributed by atoms with Crippen LogP contribution in [0.3, 0.4) is 0 Å².